The Bertz CT molecular complexity index is 1540. The van der Waals surface area contributed by atoms with E-state index in [0.29, 0.717) is 45.6 Å². The normalized spacial score (nSPS) is 11.0. The zero-order chi connectivity index (χ0) is 27.6. The number of thiophene rings is 1. The number of aryl methyl sites for hydroxylation is 2. The first-order valence-corrected chi connectivity index (χ1v) is 13.3. The van der Waals surface area contributed by atoms with Gasteiger partial charge in [0.15, 0.2) is 0 Å². The van der Waals surface area contributed by atoms with Gasteiger partial charge in [0.05, 0.1) is 39.5 Å². The number of nitrogens with one attached hydrogen (secondary N) is 1. The van der Waals surface area contributed by atoms with Crippen molar-refractivity contribution in [2.75, 3.05) is 26.0 Å². The minimum Gasteiger partial charge on any atom is -0.462 e. The third-order valence-corrected chi connectivity index (χ3v) is 7.32. The van der Waals surface area contributed by atoms with Crippen molar-refractivity contribution in [3.05, 3.63) is 63.8 Å². The maximum absolute atomic E-state index is 13.8. The van der Waals surface area contributed by atoms with Gasteiger partial charge in [0.1, 0.15) is 5.00 Å². The predicted octanol–water partition coefficient (Wildman–Crippen LogP) is 5.32. The molecule has 198 valence electrons. The van der Waals surface area contributed by atoms with E-state index in [2.05, 4.69) is 10.4 Å². The molecule has 0 aliphatic carbocycles. The van der Waals surface area contributed by atoms with Gasteiger partial charge in [-0.2, -0.15) is 5.10 Å². The molecule has 0 unspecified atom stereocenters. The van der Waals surface area contributed by atoms with E-state index in [-0.39, 0.29) is 23.1 Å². The van der Waals surface area contributed by atoms with Gasteiger partial charge in [0.25, 0.3) is 11.8 Å². The zero-order valence-corrected chi connectivity index (χ0v) is 23.2. The number of aromatic nitrogens is 3. The number of para-hydroxylation sites is 1. The number of benzene rings is 1. The van der Waals surface area contributed by atoms with E-state index in [0.717, 1.165) is 22.6 Å². The maximum Gasteiger partial charge on any atom is 0.341 e. The highest BCUT2D eigenvalue weighted by Crippen LogP contribution is 2.35. The summed E-state index contributed by atoms with van der Waals surface area (Å²) in [6, 6.07) is 9.14. The van der Waals surface area contributed by atoms with E-state index in [1.807, 2.05) is 55.9 Å². The van der Waals surface area contributed by atoms with Crippen molar-refractivity contribution in [3.8, 4) is 11.3 Å². The summed E-state index contributed by atoms with van der Waals surface area (Å²) in [6.45, 7) is 8.45. The summed E-state index contributed by atoms with van der Waals surface area (Å²) in [5.41, 5.74) is 4.00. The van der Waals surface area contributed by atoms with E-state index in [1.54, 1.807) is 27.1 Å². The molecule has 0 atom stereocenters. The number of hydrogen-bond acceptors (Lipinski definition) is 7. The van der Waals surface area contributed by atoms with Crippen molar-refractivity contribution in [2.24, 2.45) is 0 Å². The van der Waals surface area contributed by atoms with Crippen LogP contribution in [0.15, 0.2) is 36.5 Å². The number of carbonyl (C=O) groups is 3. The molecule has 0 fully saturated rings. The quantitative estimate of drug-likeness (QED) is 0.307. The van der Waals surface area contributed by atoms with Crippen molar-refractivity contribution in [1.82, 2.24) is 19.7 Å². The number of amides is 2. The average molecular weight is 534 g/mol. The first-order chi connectivity index (χ1) is 18.2. The van der Waals surface area contributed by atoms with Gasteiger partial charge in [-0.25, -0.2) is 9.78 Å². The number of fused-ring (bicyclic) bond motifs is 1. The summed E-state index contributed by atoms with van der Waals surface area (Å²) in [6.07, 6.45) is 2.57. The number of nitrogens with zero attached hydrogens (tertiary/aromatic N) is 4. The number of anilines is 1. The monoisotopic (exact) mass is 533 g/mol. The lowest BCUT2D eigenvalue weighted by atomic mass is 10.0. The first kappa shape index (κ1) is 27.0. The summed E-state index contributed by atoms with van der Waals surface area (Å²) in [4.78, 5) is 46.2. The first-order valence-electron chi connectivity index (χ1n) is 12.4. The van der Waals surface area contributed by atoms with Gasteiger partial charge >= 0.3 is 5.97 Å². The molecule has 3 heterocycles. The van der Waals surface area contributed by atoms with Crippen LogP contribution in [0.1, 0.15) is 61.9 Å². The standard InChI is InChI=1S/C28H31N5O4S/c1-7-13-37-28(36)23-16(3)24(27(35)32(5)6)38-26(23)30-25(34)19-14-22(20-15-33(8-2)31-17(20)4)29-21-12-10-9-11-18(19)21/h9-12,14-15H,7-8,13H2,1-6H3,(H,30,34). The van der Waals surface area contributed by atoms with E-state index in [9.17, 15) is 14.4 Å². The fourth-order valence-electron chi connectivity index (χ4n) is 4.12. The number of pyridine rings is 1. The molecule has 1 N–H and O–H groups in total. The molecule has 0 saturated carbocycles. The summed E-state index contributed by atoms with van der Waals surface area (Å²) in [5.74, 6) is -1.24. The number of rotatable bonds is 8. The molecule has 0 bridgehead atoms. The van der Waals surface area contributed by atoms with Crippen LogP contribution >= 0.6 is 11.3 Å². The summed E-state index contributed by atoms with van der Waals surface area (Å²) >= 11 is 1.07. The second-order valence-electron chi connectivity index (χ2n) is 9.11. The van der Waals surface area contributed by atoms with E-state index in [4.69, 9.17) is 9.72 Å². The molecule has 4 aromatic rings. The molecule has 2 amide bonds. The summed E-state index contributed by atoms with van der Waals surface area (Å²) < 4.78 is 7.21. The fourth-order valence-corrected chi connectivity index (χ4v) is 5.34. The van der Waals surface area contributed by atoms with Crippen LogP contribution in [0, 0.1) is 13.8 Å². The van der Waals surface area contributed by atoms with Crippen LogP contribution in [-0.2, 0) is 11.3 Å². The van der Waals surface area contributed by atoms with Gasteiger partial charge in [-0.1, -0.05) is 25.1 Å². The van der Waals surface area contributed by atoms with Gasteiger partial charge in [-0.3, -0.25) is 14.3 Å². The Balaban J connectivity index is 1.81. The van der Waals surface area contributed by atoms with E-state index >= 15 is 0 Å². The van der Waals surface area contributed by atoms with Crippen molar-refractivity contribution >= 4 is 45.0 Å². The highest BCUT2D eigenvalue weighted by Gasteiger charge is 2.28. The lowest BCUT2D eigenvalue weighted by molar-refractivity contribution is 0.0506. The molecule has 0 aliphatic rings. The van der Waals surface area contributed by atoms with Crippen LogP contribution in [0.5, 0.6) is 0 Å². The largest absolute Gasteiger partial charge is 0.462 e. The van der Waals surface area contributed by atoms with Crippen LogP contribution in [0.4, 0.5) is 5.00 Å². The smallest absolute Gasteiger partial charge is 0.341 e. The van der Waals surface area contributed by atoms with Gasteiger partial charge in [0, 0.05) is 37.8 Å². The third kappa shape index (κ3) is 5.17. The summed E-state index contributed by atoms with van der Waals surface area (Å²) in [7, 11) is 3.28. The minimum atomic E-state index is -0.573. The molecular weight excluding hydrogens is 502 g/mol. The third-order valence-electron chi connectivity index (χ3n) is 6.12. The van der Waals surface area contributed by atoms with Crippen LogP contribution in [0.3, 0.4) is 0 Å². The van der Waals surface area contributed by atoms with Crippen LogP contribution in [0.2, 0.25) is 0 Å². The van der Waals surface area contributed by atoms with Crippen molar-refractivity contribution in [2.45, 2.75) is 40.7 Å². The predicted molar refractivity (Wildman–Crippen MR) is 149 cm³/mol. The SMILES string of the molecule is CCCOC(=O)c1c(NC(=O)c2cc(-c3cn(CC)nc3C)nc3ccccc23)sc(C(=O)N(C)C)c1C. The molecule has 0 saturated heterocycles. The van der Waals surface area contributed by atoms with Gasteiger partial charge < -0.3 is 15.0 Å². The van der Waals surface area contributed by atoms with Crippen LogP contribution < -0.4 is 5.32 Å². The second-order valence-corrected chi connectivity index (χ2v) is 10.1. The Morgan fingerprint density at radius 3 is 2.53 bits per heavy atom. The van der Waals surface area contributed by atoms with Crippen molar-refractivity contribution in [3.63, 3.8) is 0 Å². The molecule has 1 aromatic carbocycles. The Morgan fingerprint density at radius 1 is 1.13 bits per heavy atom. The zero-order valence-electron chi connectivity index (χ0n) is 22.4. The molecule has 0 aliphatic heterocycles. The molecule has 38 heavy (non-hydrogen) atoms. The van der Waals surface area contributed by atoms with Gasteiger partial charge in [0.2, 0.25) is 0 Å². The van der Waals surface area contributed by atoms with Gasteiger partial charge in [-0.15, -0.1) is 11.3 Å². The molecule has 3 aromatic heterocycles. The topological polar surface area (TPSA) is 106 Å². The van der Waals surface area contributed by atoms with Crippen molar-refractivity contribution < 1.29 is 19.1 Å². The molecule has 0 spiro atoms. The Hall–Kier alpha value is -4.05. The number of esters is 1. The molecule has 4 rings (SSSR count). The highest BCUT2D eigenvalue weighted by atomic mass is 32.1. The Kier molecular flexibility index (Phi) is 7.91. The van der Waals surface area contributed by atoms with Crippen molar-refractivity contribution in [1.29, 1.82) is 0 Å². The number of carbonyl (C=O) groups excluding carboxylic acids is 3. The minimum absolute atomic E-state index is 0.195. The van der Waals surface area contributed by atoms with Gasteiger partial charge in [-0.05, 0) is 44.9 Å². The van der Waals surface area contributed by atoms with E-state index < -0.39 is 11.9 Å². The molecule has 10 heteroatoms. The molecule has 9 nitrogen and oxygen atoms in total. The highest BCUT2D eigenvalue weighted by molar-refractivity contribution is 7.18. The maximum atomic E-state index is 13.8. The summed E-state index contributed by atoms with van der Waals surface area (Å²) in [5, 5.41) is 8.36. The number of ether oxygens (including phenoxy) is 1. The fraction of sp³-hybridized carbons (Fsp3) is 0.321. The molecule has 0 radical (unpaired) electrons. The lowest BCUT2D eigenvalue weighted by Gasteiger charge is -2.11. The Labute approximate surface area is 225 Å². The van der Waals surface area contributed by atoms with Crippen LogP contribution in [-0.4, -0.2) is 58.2 Å². The lowest BCUT2D eigenvalue weighted by Crippen LogP contribution is -2.21. The number of hydrogen-bond donors (Lipinski definition) is 1. The van der Waals surface area contributed by atoms with E-state index in [1.165, 1.54) is 4.90 Å². The average Bonchev–Trinajstić information content (AvgIpc) is 3.44. The second kappa shape index (κ2) is 11.1. The Morgan fingerprint density at radius 2 is 1.87 bits per heavy atom. The molecular formula is C28H31N5O4S. The van der Waals surface area contributed by atoms with Crippen LogP contribution in [0.25, 0.3) is 22.2 Å².